The van der Waals surface area contributed by atoms with Gasteiger partial charge in [-0.25, -0.2) is 4.39 Å². The average Bonchev–Trinajstić information content (AvgIpc) is 3.16. The zero-order valence-corrected chi connectivity index (χ0v) is 12.0. The first-order valence-electron chi connectivity index (χ1n) is 7.37. The van der Waals surface area contributed by atoms with E-state index in [1.54, 1.807) is 0 Å². The minimum Gasteiger partial charge on any atom is -0.326 e. The Balaban J connectivity index is 2.17. The lowest BCUT2D eigenvalue weighted by atomic mass is 9.98. The molecule has 2 N–H and O–H groups in total. The number of benzene rings is 1. The number of halogens is 1. The molecule has 0 heterocycles. The second-order valence-electron chi connectivity index (χ2n) is 5.79. The third kappa shape index (κ3) is 4.02. The topological polar surface area (TPSA) is 29.3 Å². The van der Waals surface area contributed by atoms with Crippen LogP contribution in [0.25, 0.3) is 0 Å². The van der Waals surface area contributed by atoms with Crippen molar-refractivity contribution in [2.75, 3.05) is 13.1 Å². The van der Waals surface area contributed by atoms with Gasteiger partial charge in [0.2, 0.25) is 0 Å². The minimum atomic E-state index is -0.184. The van der Waals surface area contributed by atoms with Crippen molar-refractivity contribution in [3.8, 4) is 0 Å². The van der Waals surface area contributed by atoms with Gasteiger partial charge in [0.05, 0.1) is 0 Å². The first-order chi connectivity index (χ1) is 9.11. The van der Waals surface area contributed by atoms with Crippen LogP contribution in [0.1, 0.15) is 44.7 Å². The van der Waals surface area contributed by atoms with E-state index in [9.17, 15) is 4.39 Å². The molecule has 2 rings (SSSR count). The van der Waals surface area contributed by atoms with Gasteiger partial charge in [-0.2, -0.15) is 0 Å². The molecule has 0 saturated heterocycles. The van der Waals surface area contributed by atoms with Gasteiger partial charge in [0, 0.05) is 18.6 Å². The fourth-order valence-electron chi connectivity index (χ4n) is 2.77. The summed E-state index contributed by atoms with van der Waals surface area (Å²) in [5, 5.41) is 0. The van der Waals surface area contributed by atoms with Crippen LogP contribution in [0.3, 0.4) is 0 Å². The Morgan fingerprint density at radius 1 is 1.32 bits per heavy atom. The monoisotopic (exact) mass is 264 g/mol. The number of nitrogens with two attached hydrogens (primary N) is 1. The molecule has 1 aliphatic rings. The standard InChI is InChI=1S/C16H25FN2/c1-3-10-19(11-13-4-5-13)16(12(2)18)14-6-8-15(17)9-7-14/h6-9,12-13,16H,3-5,10-11,18H2,1-2H3. The molecule has 0 amide bonds. The van der Waals surface area contributed by atoms with Crippen molar-refractivity contribution in [2.24, 2.45) is 11.7 Å². The lowest BCUT2D eigenvalue weighted by Crippen LogP contribution is -2.41. The zero-order valence-electron chi connectivity index (χ0n) is 12.0. The summed E-state index contributed by atoms with van der Waals surface area (Å²) in [6.07, 6.45) is 3.81. The van der Waals surface area contributed by atoms with Gasteiger partial charge in [0.1, 0.15) is 5.82 Å². The van der Waals surface area contributed by atoms with Crippen molar-refractivity contribution >= 4 is 0 Å². The largest absolute Gasteiger partial charge is 0.326 e. The first kappa shape index (κ1) is 14.5. The van der Waals surface area contributed by atoms with Crippen LogP contribution in [0.5, 0.6) is 0 Å². The summed E-state index contributed by atoms with van der Waals surface area (Å²) in [6, 6.07) is 7.06. The summed E-state index contributed by atoms with van der Waals surface area (Å²) in [7, 11) is 0. The average molecular weight is 264 g/mol. The molecular weight excluding hydrogens is 239 g/mol. The quantitative estimate of drug-likeness (QED) is 0.818. The van der Waals surface area contributed by atoms with Crippen LogP contribution in [0, 0.1) is 11.7 Å². The normalized spacial score (nSPS) is 18.6. The van der Waals surface area contributed by atoms with E-state index in [4.69, 9.17) is 5.73 Å². The van der Waals surface area contributed by atoms with Gasteiger partial charge in [-0.3, -0.25) is 4.90 Å². The van der Waals surface area contributed by atoms with Gasteiger partial charge in [-0.15, -0.1) is 0 Å². The fourth-order valence-corrected chi connectivity index (χ4v) is 2.77. The van der Waals surface area contributed by atoms with Crippen LogP contribution in [-0.2, 0) is 0 Å². The van der Waals surface area contributed by atoms with Crippen molar-refractivity contribution < 1.29 is 4.39 Å². The summed E-state index contributed by atoms with van der Waals surface area (Å²) < 4.78 is 13.1. The Bertz CT molecular complexity index is 384. The predicted octanol–water partition coefficient (Wildman–Crippen LogP) is 3.34. The zero-order chi connectivity index (χ0) is 13.8. The van der Waals surface area contributed by atoms with Crippen molar-refractivity contribution in [2.45, 2.75) is 45.2 Å². The molecule has 0 bridgehead atoms. The second kappa shape index (κ2) is 6.49. The molecule has 0 aromatic heterocycles. The number of hydrogen-bond acceptors (Lipinski definition) is 2. The highest BCUT2D eigenvalue weighted by molar-refractivity contribution is 5.21. The highest BCUT2D eigenvalue weighted by atomic mass is 19.1. The number of nitrogens with zero attached hydrogens (tertiary/aromatic N) is 1. The predicted molar refractivity (Wildman–Crippen MR) is 77.4 cm³/mol. The fraction of sp³-hybridized carbons (Fsp3) is 0.625. The van der Waals surface area contributed by atoms with E-state index in [0.29, 0.717) is 0 Å². The Morgan fingerprint density at radius 3 is 2.42 bits per heavy atom. The molecule has 1 aromatic carbocycles. The van der Waals surface area contributed by atoms with Gasteiger partial charge in [-0.1, -0.05) is 19.1 Å². The third-order valence-electron chi connectivity index (χ3n) is 3.80. The van der Waals surface area contributed by atoms with E-state index in [-0.39, 0.29) is 17.9 Å². The van der Waals surface area contributed by atoms with E-state index in [1.807, 2.05) is 19.1 Å². The number of rotatable bonds is 7. The SMILES string of the molecule is CCCN(CC1CC1)C(c1ccc(F)cc1)C(C)N. The molecule has 0 aliphatic heterocycles. The molecule has 1 aliphatic carbocycles. The van der Waals surface area contributed by atoms with Gasteiger partial charge in [0.15, 0.2) is 0 Å². The van der Waals surface area contributed by atoms with Crippen molar-refractivity contribution in [3.63, 3.8) is 0 Å². The molecular formula is C16H25FN2. The molecule has 2 nitrogen and oxygen atoms in total. The Hall–Kier alpha value is -0.930. The van der Waals surface area contributed by atoms with E-state index in [0.717, 1.165) is 31.0 Å². The van der Waals surface area contributed by atoms with Gasteiger partial charge in [0.25, 0.3) is 0 Å². The van der Waals surface area contributed by atoms with Crippen LogP contribution in [0.4, 0.5) is 4.39 Å². The van der Waals surface area contributed by atoms with Crippen LogP contribution in [0.15, 0.2) is 24.3 Å². The molecule has 1 saturated carbocycles. The van der Waals surface area contributed by atoms with E-state index in [2.05, 4.69) is 11.8 Å². The molecule has 2 unspecified atom stereocenters. The molecule has 0 spiro atoms. The Labute approximate surface area is 115 Å². The maximum Gasteiger partial charge on any atom is 0.123 e. The van der Waals surface area contributed by atoms with Crippen LogP contribution >= 0.6 is 0 Å². The van der Waals surface area contributed by atoms with Crippen LogP contribution < -0.4 is 5.73 Å². The summed E-state index contributed by atoms with van der Waals surface area (Å²) in [5.74, 6) is 0.657. The lowest BCUT2D eigenvalue weighted by molar-refractivity contribution is 0.169. The third-order valence-corrected chi connectivity index (χ3v) is 3.80. The van der Waals surface area contributed by atoms with Gasteiger partial charge in [-0.05, 0) is 56.3 Å². The maximum absolute atomic E-state index is 13.1. The molecule has 106 valence electrons. The highest BCUT2D eigenvalue weighted by Crippen LogP contribution is 2.33. The van der Waals surface area contributed by atoms with Crippen molar-refractivity contribution in [3.05, 3.63) is 35.6 Å². The second-order valence-corrected chi connectivity index (χ2v) is 5.79. The highest BCUT2D eigenvalue weighted by Gasteiger charge is 2.30. The molecule has 0 radical (unpaired) electrons. The molecule has 1 fully saturated rings. The summed E-state index contributed by atoms with van der Waals surface area (Å²) >= 11 is 0. The van der Waals surface area contributed by atoms with E-state index < -0.39 is 0 Å². The molecule has 19 heavy (non-hydrogen) atoms. The van der Waals surface area contributed by atoms with Gasteiger partial charge < -0.3 is 5.73 Å². The number of hydrogen-bond donors (Lipinski definition) is 1. The van der Waals surface area contributed by atoms with Crippen molar-refractivity contribution in [1.82, 2.24) is 4.90 Å². The molecule has 2 atom stereocenters. The summed E-state index contributed by atoms with van der Waals surface area (Å²) in [4.78, 5) is 2.48. The van der Waals surface area contributed by atoms with Gasteiger partial charge >= 0.3 is 0 Å². The summed E-state index contributed by atoms with van der Waals surface area (Å²) in [5.41, 5.74) is 7.33. The Morgan fingerprint density at radius 2 is 1.95 bits per heavy atom. The van der Waals surface area contributed by atoms with E-state index >= 15 is 0 Å². The molecule has 1 aromatic rings. The first-order valence-corrected chi connectivity index (χ1v) is 7.37. The lowest BCUT2D eigenvalue weighted by Gasteiger charge is -2.34. The summed E-state index contributed by atoms with van der Waals surface area (Å²) in [6.45, 7) is 6.42. The maximum atomic E-state index is 13.1. The van der Waals surface area contributed by atoms with Crippen LogP contribution in [-0.4, -0.2) is 24.0 Å². The Kier molecular flexibility index (Phi) is 4.94. The van der Waals surface area contributed by atoms with E-state index in [1.165, 1.54) is 25.0 Å². The minimum absolute atomic E-state index is 0.0516. The van der Waals surface area contributed by atoms with Crippen LogP contribution in [0.2, 0.25) is 0 Å². The smallest absolute Gasteiger partial charge is 0.123 e. The molecule has 3 heteroatoms. The van der Waals surface area contributed by atoms with Crippen molar-refractivity contribution in [1.29, 1.82) is 0 Å².